The second kappa shape index (κ2) is 7.07. The third-order valence-electron chi connectivity index (χ3n) is 6.38. The molecule has 3 aliphatic rings. The van der Waals surface area contributed by atoms with E-state index >= 15 is 0 Å². The Balaban J connectivity index is 1.65. The molecule has 5 unspecified atom stereocenters. The van der Waals surface area contributed by atoms with Gasteiger partial charge in [0.2, 0.25) is 0 Å². The molecule has 11 heteroatoms. The van der Waals surface area contributed by atoms with Crippen LogP contribution in [-0.4, -0.2) is 42.6 Å². The summed E-state index contributed by atoms with van der Waals surface area (Å²) in [6.07, 6.45) is -10.7. The number of fused-ring (bicyclic) bond motifs is 5. The third-order valence-corrected chi connectivity index (χ3v) is 6.38. The molecule has 0 aromatic rings. The molecule has 0 radical (unpaired) electrons. The molecule has 3 saturated carbocycles. The zero-order chi connectivity index (χ0) is 20.9. The van der Waals surface area contributed by atoms with Crippen molar-refractivity contribution in [2.75, 3.05) is 6.61 Å². The molecular weight excluding hydrogens is 398 g/mol. The van der Waals surface area contributed by atoms with Gasteiger partial charge in [0, 0.05) is 12.4 Å². The number of ether oxygens (including phenoxy) is 2. The summed E-state index contributed by atoms with van der Waals surface area (Å²) < 4.78 is 87.4. The molecule has 160 valence electrons. The minimum Gasteiger partial charge on any atom is -0.550 e. The van der Waals surface area contributed by atoms with Gasteiger partial charge in [-0.3, -0.25) is 0 Å². The van der Waals surface area contributed by atoms with E-state index in [1.807, 2.05) is 0 Å². The van der Waals surface area contributed by atoms with E-state index in [9.17, 15) is 41.0 Å². The number of carboxylic acid groups (broad SMARTS) is 1. The molecule has 0 amide bonds. The van der Waals surface area contributed by atoms with Crippen LogP contribution >= 0.6 is 0 Å². The van der Waals surface area contributed by atoms with Gasteiger partial charge in [0.15, 0.2) is 0 Å². The van der Waals surface area contributed by atoms with E-state index in [0.29, 0.717) is 24.2 Å². The monoisotopic (exact) mass is 417 g/mol. The van der Waals surface area contributed by atoms with Gasteiger partial charge in [-0.2, -0.15) is 26.3 Å². The second-order valence-electron chi connectivity index (χ2n) is 7.85. The van der Waals surface area contributed by atoms with Gasteiger partial charge in [-0.25, -0.2) is 4.79 Å². The second-order valence-corrected chi connectivity index (χ2v) is 7.85. The Kier molecular flexibility index (Phi) is 5.35. The van der Waals surface area contributed by atoms with E-state index < -0.39 is 49.0 Å². The summed E-state index contributed by atoms with van der Waals surface area (Å²) in [6, 6.07) is 0. The molecule has 3 rings (SSSR count). The zero-order valence-electron chi connectivity index (χ0n) is 14.6. The van der Waals surface area contributed by atoms with Crippen molar-refractivity contribution in [3.63, 3.8) is 0 Å². The van der Waals surface area contributed by atoms with Crippen molar-refractivity contribution >= 4 is 11.9 Å². The number of carboxylic acids is 1. The first-order valence-electron chi connectivity index (χ1n) is 9.02. The van der Waals surface area contributed by atoms with Gasteiger partial charge >= 0.3 is 23.9 Å². The average molecular weight is 417 g/mol. The molecule has 0 aromatic carbocycles. The van der Waals surface area contributed by atoms with E-state index in [1.165, 1.54) is 0 Å². The van der Waals surface area contributed by atoms with Gasteiger partial charge in [-0.15, -0.1) is 0 Å². The third kappa shape index (κ3) is 3.57. The molecule has 2 bridgehead atoms. The Bertz CT molecular complexity index is 617. The number of hydrogen-bond donors (Lipinski definition) is 0. The molecule has 0 saturated heterocycles. The van der Waals surface area contributed by atoms with E-state index in [2.05, 4.69) is 4.74 Å². The molecule has 0 aliphatic heterocycles. The summed E-state index contributed by atoms with van der Waals surface area (Å²) in [5.41, 5.74) is -5.18. The number of carbonyl (C=O) groups excluding carboxylic acids is 2. The maximum Gasteiger partial charge on any atom is 0.437 e. The van der Waals surface area contributed by atoms with Gasteiger partial charge in [0.1, 0.15) is 6.61 Å². The van der Waals surface area contributed by atoms with Gasteiger partial charge in [0.05, 0.1) is 6.10 Å². The lowest BCUT2D eigenvalue weighted by molar-refractivity contribution is -0.381. The minimum absolute atomic E-state index is 0.142. The van der Waals surface area contributed by atoms with Crippen LogP contribution in [-0.2, 0) is 19.1 Å². The summed E-state index contributed by atoms with van der Waals surface area (Å²) in [4.78, 5) is 22.3. The summed E-state index contributed by atoms with van der Waals surface area (Å²) in [6.45, 7) is -1.10. The number of esters is 1. The normalized spacial score (nSPS) is 32.4. The smallest absolute Gasteiger partial charge is 0.437 e. The fraction of sp³-hybridized carbons (Fsp3) is 0.882. The Labute approximate surface area is 156 Å². The molecule has 0 heterocycles. The number of carbonyl (C=O) groups is 2. The first-order chi connectivity index (χ1) is 12.9. The molecule has 3 aliphatic carbocycles. The summed E-state index contributed by atoms with van der Waals surface area (Å²) in [5.74, 6) is -3.01. The van der Waals surface area contributed by atoms with Crippen LogP contribution < -0.4 is 5.11 Å². The van der Waals surface area contributed by atoms with Crippen LogP contribution in [0, 0.1) is 23.7 Å². The van der Waals surface area contributed by atoms with Crippen LogP contribution in [0.2, 0.25) is 0 Å². The van der Waals surface area contributed by atoms with E-state index in [1.54, 1.807) is 0 Å². The minimum atomic E-state index is -6.19. The quantitative estimate of drug-likeness (QED) is 0.490. The van der Waals surface area contributed by atoms with Gasteiger partial charge < -0.3 is 19.4 Å². The number of rotatable bonds is 6. The highest BCUT2D eigenvalue weighted by atomic mass is 19.4. The predicted molar refractivity (Wildman–Crippen MR) is 77.3 cm³/mol. The number of hydrogen-bond acceptors (Lipinski definition) is 5. The highest BCUT2D eigenvalue weighted by molar-refractivity contribution is 5.73. The average Bonchev–Trinajstić information content (AvgIpc) is 3.22. The highest BCUT2D eigenvalue weighted by Crippen LogP contribution is 2.59. The van der Waals surface area contributed by atoms with Crippen molar-refractivity contribution in [3.05, 3.63) is 0 Å². The number of aliphatic carboxylic acids is 1. The summed E-state index contributed by atoms with van der Waals surface area (Å²) in [5, 5.41) is 10.5. The Morgan fingerprint density at radius 3 is 2.11 bits per heavy atom. The predicted octanol–water partition coefficient (Wildman–Crippen LogP) is 2.37. The van der Waals surface area contributed by atoms with Gasteiger partial charge in [-0.1, -0.05) is 6.42 Å². The van der Waals surface area contributed by atoms with Crippen molar-refractivity contribution in [1.29, 1.82) is 0 Å². The zero-order valence-corrected chi connectivity index (χ0v) is 14.6. The van der Waals surface area contributed by atoms with Gasteiger partial charge in [-0.05, 0) is 49.4 Å². The van der Waals surface area contributed by atoms with E-state index in [-0.39, 0.29) is 5.92 Å². The molecule has 0 aromatic heterocycles. The summed E-state index contributed by atoms with van der Waals surface area (Å²) >= 11 is 0. The number of alkyl halides is 6. The maximum atomic E-state index is 13.1. The lowest BCUT2D eigenvalue weighted by Crippen LogP contribution is -2.62. The van der Waals surface area contributed by atoms with Crippen molar-refractivity contribution in [2.24, 2.45) is 23.7 Å². The Morgan fingerprint density at radius 2 is 1.54 bits per heavy atom. The molecule has 0 N–H and O–H groups in total. The molecule has 3 fully saturated rings. The van der Waals surface area contributed by atoms with E-state index in [0.717, 1.165) is 25.7 Å². The number of halogens is 6. The highest BCUT2D eigenvalue weighted by Gasteiger charge is 2.74. The molecule has 5 atom stereocenters. The Morgan fingerprint density at radius 1 is 0.929 bits per heavy atom. The summed E-state index contributed by atoms with van der Waals surface area (Å²) in [7, 11) is 0. The van der Waals surface area contributed by atoms with Gasteiger partial charge in [0.25, 0.3) is 0 Å². The van der Waals surface area contributed by atoms with Crippen molar-refractivity contribution < 1.29 is 50.5 Å². The van der Waals surface area contributed by atoms with Crippen molar-refractivity contribution in [1.82, 2.24) is 0 Å². The Hall–Kier alpha value is -1.52. The van der Waals surface area contributed by atoms with Crippen LogP contribution in [0.3, 0.4) is 0 Å². The lowest BCUT2D eigenvalue weighted by Gasteiger charge is -2.37. The molecule has 5 nitrogen and oxygen atoms in total. The molecule has 0 spiro atoms. The van der Waals surface area contributed by atoms with Crippen molar-refractivity contribution in [3.8, 4) is 0 Å². The van der Waals surface area contributed by atoms with Crippen LogP contribution in [0.5, 0.6) is 0 Å². The lowest BCUT2D eigenvalue weighted by atomic mass is 9.80. The fourth-order valence-electron chi connectivity index (χ4n) is 5.31. The largest absolute Gasteiger partial charge is 0.550 e. The maximum absolute atomic E-state index is 13.1. The fourth-order valence-corrected chi connectivity index (χ4v) is 5.31. The molecule has 28 heavy (non-hydrogen) atoms. The van der Waals surface area contributed by atoms with Crippen LogP contribution in [0.25, 0.3) is 0 Å². The van der Waals surface area contributed by atoms with Crippen LogP contribution in [0.4, 0.5) is 26.3 Å². The topological polar surface area (TPSA) is 75.7 Å². The first kappa shape index (κ1) is 21.2. The molecular formula is C17H19F6O5-. The van der Waals surface area contributed by atoms with Crippen LogP contribution in [0.1, 0.15) is 38.5 Å². The first-order valence-corrected chi connectivity index (χ1v) is 9.02. The van der Waals surface area contributed by atoms with Crippen molar-refractivity contribution in [2.45, 2.75) is 62.6 Å². The SMILES string of the molecule is O=C([O-])CC(OC(=O)COC1CC2CC1C1CCCC21)(C(F)(F)F)C(F)(F)F. The standard InChI is InChI=1S/C17H20F6O5/c18-16(19,20)15(6-13(24)25,17(21,22)23)28-14(26)7-27-12-5-8-4-11(12)10-3-1-2-9(8)10/h8-12H,1-7H2,(H,24,25)/p-1. The van der Waals surface area contributed by atoms with E-state index in [4.69, 9.17) is 4.74 Å². The van der Waals surface area contributed by atoms with Crippen LogP contribution in [0.15, 0.2) is 0 Å².